The molecule has 0 aromatic heterocycles. The van der Waals surface area contributed by atoms with Crippen LogP contribution >= 0.6 is 22.6 Å². The second kappa shape index (κ2) is 11.1. The van der Waals surface area contributed by atoms with Crippen molar-refractivity contribution in [1.29, 1.82) is 0 Å². The van der Waals surface area contributed by atoms with Gasteiger partial charge in [0.1, 0.15) is 4.61 Å². The van der Waals surface area contributed by atoms with Crippen molar-refractivity contribution in [2.75, 3.05) is 11.2 Å². The third-order valence-electron chi connectivity index (χ3n) is 1.89. The highest BCUT2D eigenvalue weighted by Gasteiger charge is 2.00. The zero-order valence-electron chi connectivity index (χ0n) is 8.76. The lowest BCUT2D eigenvalue weighted by atomic mass is 10.1. The molecule has 0 aliphatic rings. The molecule has 0 amide bonds. The Hall–Kier alpha value is 0. The van der Waals surface area contributed by atoms with E-state index in [9.17, 15) is 4.79 Å². The van der Waals surface area contributed by atoms with E-state index in [0.717, 1.165) is 12.8 Å². The van der Waals surface area contributed by atoms with Crippen molar-refractivity contribution in [3.8, 4) is 0 Å². The van der Waals surface area contributed by atoms with E-state index in [1.165, 1.54) is 25.7 Å². The first-order valence-corrected chi connectivity index (χ1v) is 6.69. The number of rotatable bonds is 8. The monoisotopic (exact) mass is 314 g/mol. The molecule has 0 atom stereocenters. The predicted octanol–water partition coefficient (Wildman–Crippen LogP) is 3.89. The fourth-order valence-electron chi connectivity index (χ4n) is 1.12. The van der Waals surface area contributed by atoms with Crippen molar-refractivity contribution in [3.63, 3.8) is 0 Å². The van der Waals surface area contributed by atoms with Gasteiger partial charge in [-0.1, -0.05) is 39.0 Å². The predicted molar refractivity (Wildman–Crippen MR) is 64.7 cm³/mol. The van der Waals surface area contributed by atoms with Crippen LogP contribution in [0.15, 0.2) is 0 Å². The second-order valence-electron chi connectivity index (χ2n) is 3.12. The van der Waals surface area contributed by atoms with Gasteiger partial charge in [-0.3, -0.25) is 0 Å². The number of carbonyl (C=O) groups is 1. The Bertz CT molecular complexity index is 139. The third-order valence-corrected chi connectivity index (χ3v) is 2.20. The van der Waals surface area contributed by atoms with Crippen molar-refractivity contribution in [3.05, 3.63) is 0 Å². The molecule has 0 heterocycles. The van der Waals surface area contributed by atoms with E-state index in [1.807, 2.05) is 22.6 Å². The molecule has 4 heteroatoms. The first-order chi connectivity index (χ1) is 6.81. The third kappa shape index (κ3) is 10.1. The molecule has 0 radical (unpaired) electrons. The van der Waals surface area contributed by atoms with Crippen LogP contribution in [0.25, 0.3) is 0 Å². The Morgan fingerprint density at radius 2 is 1.71 bits per heavy atom. The number of carbonyl (C=O) groups excluding carboxylic acids is 1. The molecule has 0 aromatic rings. The summed E-state index contributed by atoms with van der Waals surface area (Å²) < 4.78 is 9.79. The standard InChI is InChI=1S/C10H19IO3/c1-2-3-4-5-6-7-8-13-10(12)14-9-11/h2-9H2,1H3. The first kappa shape index (κ1) is 14.0. The van der Waals surface area contributed by atoms with E-state index >= 15 is 0 Å². The lowest BCUT2D eigenvalue weighted by Gasteiger charge is -2.03. The summed E-state index contributed by atoms with van der Waals surface area (Å²) in [4.78, 5) is 10.7. The van der Waals surface area contributed by atoms with Gasteiger partial charge in [0.15, 0.2) is 0 Å². The molecule has 0 spiro atoms. The lowest BCUT2D eigenvalue weighted by Crippen LogP contribution is -2.06. The summed E-state index contributed by atoms with van der Waals surface area (Å²) in [5, 5.41) is 0. The zero-order valence-corrected chi connectivity index (χ0v) is 10.9. The van der Waals surface area contributed by atoms with Gasteiger partial charge >= 0.3 is 6.16 Å². The van der Waals surface area contributed by atoms with E-state index in [0.29, 0.717) is 11.2 Å². The quantitative estimate of drug-likeness (QED) is 0.295. The lowest BCUT2D eigenvalue weighted by molar-refractivity contribution is 0.0694. The Morgan fingerprint density at radius 1 is 1.07 bits per heavy atom. The molecule has 3 nitrogen and oxygen atoms in total. The average molecular weight is 314 g/mol. The van der Waals surface area contributed by atoms with Crippen molar-refractivity contribution < 1.29 is 14.3 Å². The molecular weight excluding hydrogens is 295 g/mol. The van der Waals surface area contributed by atoms with Crippen molar-refractivity contribution >= 4 is 28.7 Å². The molecule has 0 rings (SSSR count). The van der Waals surface area contributed by atoms with E-state index < -0.39 is 6.16 Å². The van der Waals surface area contributed by atoms with Crippen molar-refractivity contribution in [2.45, 2.75) is 45.4 Å². The Balaban J connectivity index is 3.01. The zero-order chi connectivity index (χ0) is 10.6. The Morgan fingerprint density at radius 3 is 2.36 bits per heavy atom. The van der Waals surface area contributed by atoms with Crippen LogP contribution in [0.2, 0.25) is 0 Å². The number of hydrogen-bond donors (Lipinski definition) is 0. The van der Waals surface area contributed by atoms with Gasteiger partial charge in [0.05, 0.1) is 6.61 Å². The maximum atomic E-state index is 10.7. The van der Waals surface area contributed by atoms with Gasteiger partial charge in [-0.15, -0.1) is 0 Å². The molecule has 0 saturated heterocycles. The molecule has 0 aliphatic carbocycles. The number of halogens is 1. The molecule has 0 unspecified atom stereocenters. The van der Waals surface area contributed by atoms with Gasteiger partial charge in [-0.05, 0) is 29.0 Å². The molecule has 0 aliphatic heterocycles. The minimum atomic E-state index is -0.548. The summed E-state index contributed by atoms with van der Waals surface area (Å²) in [5.41, 5.74) is 0. The fourth-order valence-corrected chi connectivity index (χ4v) is 1.38. The molecular formula is C10H19IO3. The maximum absolute atomic E-state index is 10.7. The maximum Gasteiger partial charge on any atom is 0.509 e. The normalized spacial score (nSPS) is 9.86. The van der Waals surface area contributed by atoms with Gasteiger partial charge in [-0.25, -0.2) is 4.79 Å². The van der Waals surface area contributed by atoms with Crippen LogP contribution in [0.4, 0.5) is 4.79 Å². The van der Waals surface area contributed by atoms with Crippen LogP contribution in [0, 0.1) is 0 Å². The smallest absolute Gasteiger partial charge is 0.434 e. The minimum Gasteiger partial charge on any atom is -0.434 e. The summed E-state index contributed by atoms with van der Waals surface area (Å²) in [7, 11) is 0. The number of ether oxygens (including phenoxy) is 2. The van der Waals surface area contributed by atoms with Crippen molar-refractivity contribution in [1.82, 2.24) is 0 Å². The van der Waals surface area contributed by atoms with Crippen LogP contribution in [0.5, 0.6) is 0 Å². The molecule has 0 saturated carbocycles. The van der Waals surface area contributed by atoms with Crippen LogP contribution in [-0.2, 0) is 9.47 Å². The Kier molecular flexibility index (Phi) is 11.1. The van der Waals surface area contributed by atoms with Gasteiger partial charge in [0.2, 0.25) is 0 Å². The Labute approximate surface area is 99.7 Å². The molecule has 0 fully saturated rings. The van der Waals surface area contributed by atoms with Gasteiger partial charge in [0, 0.05) is 0 Å². The minimum absolute atomic E-state index is 0.354. The number of unbranched alkanes of at least 4 members (excludes halogenated alkanes) is 5. The van der Waals surface area contributed by atoms with E-state index in [-0.39, 0.29) is 0 Å². The number of hydrogen-bond acceptors (Lipinski definition) is 3. The summed E-state index contributed by atoms with van der Waals surface area (Å²) in [6.07, 6.45) is 6.62. The molecule has 0 aromatic carbocycles. The number of alkyl halides is 1. The van der Waals surface area contributed by atoms with Gasteiger partial charge in [0.25, 0.3) is 0 Å². The van der Waals surface area contributed by atoms with E-state index in [2.05, 4.69) is 11.7 Å². The summed E-state index contributed by atoms with van der Waals surface area (Å²) in [6, 6.07) is 0. The second-order valence-corrected chi connectivity index (χ2v) is 3.74. The van der Waals surface area contributed by atoms with Gasteiger partial charge in [-0.2, -0.15) is 0 Å². The molecule has 84 valence electrons. The highest BCUT2D eigenvalue weighted by atomic mass is 127. The van der Waals surface area contributed by atoms with E-state index in [4.69, 9.17) is 4.74 Å². The topological polar surface area (TPSA) is 35.5 Å². The molecule has 0 bridgehead atoms. The SMILES string of the molecule is CCCCCCCCOC(=O)OCI. The largest absolute Gasteiger partial charge is 0.509 e. The van der Waals surface area contributed by atoms with Crippen LogP contribution < -0.4 is 0 Å². The summed E-state index contributed by atoms with van der Waals surface area (Å²) in [5.74, 6) is 0. The highest BCUT2D eigenvalue weighted by molar-refractivity contribution is 14.1. The van der Waals surface area contributed by atoms with Crippen molar-refractivity contribution in [2.24, 2.45) is 0 Å². The summed E-state index contributed by atoms with van der Waals surface area (Å²) >= 11 is 1.96. The van der Waals surface area contributed by atoms with E-state index in [1.54, 1.807) is 0 Å². The fraction of sp³-hybridized carbons (Fsp3) is 0.900. The summed E-state index contributed by atoms with van der Waals surface area (Å²) in [6.45, 7) is 2.69. The van der Waals surface area contributed by atoms with Crippen LogP contribution in [-0.4, -0.2) is 17.4 Å². The van der Waals surface area contributed by atoms with Crippen LogP contribution in [0.1, 0.15) is 45.4 Å². The first-order valence-electron chi connectivity index (χ1n) is 5.16. The van der Waals surface area contributed by atoms with Gasteiger partial charge < -0.3 is 9.47 Å². The molecule has 14 heavy (non-hydrogen) atoms. The highest BCUT2D eigenvalue weighted by Crippen LogP contribution is 2.05. The van der Waals surface area contributed by atoms with Crippen LogP contribution in [0.3, 0.4) is 0 Å². The molecule has 0 N–H and O–H groups in total. The average Bonchev–Trinajstić information content (AvgIpc) is 2.17.